The minimum absolute atomic E-state index is 0.110. The summed E-state index contributed by atoms with van der Waals surface area (Å²) in [5.74, 6) is -0.142. The summed E-state index contributed by atoms with van der Waals surface area (Å²) < 4.78 is 11.0. The van der Waals surface area contributed by atoms with Gasteiger partial charge >= 0.3 is 0 Å². The number of hydrogen-bond acceptors (Lipinski definition) is 4. The number of fused-ring (bicyclic) bond motifs is 1. The van der Waals surface area contributed by atoms with Crippen LogP contribution in [0.2, 0.25) is 0 Å². The molecule has 0 heterocycles. The highest BCUT2D eigenvalue weighted by molar-refractivity contribution is 6.48. The molecule has 0 atom stereocenters. The van der Waals surface area contributed by atoms with E-state index in [2.05, 4.69) is 26.1 Å². The number of Topliss-reactive ketones (excluding diaryl/α,β-unsaturated/α-hetero) is 1. The van der Waals surface area contributed by atoms with Crippen molar-refractivity contribution in [1.82, 2.24) is 0 Å². The van der Waals surface area contributed by atoms with Gasteiger partial charge in [0.05, 0.1) is 19.4 Å². The third kappa shape index (κ3) is 4.30. The largest absolute Gasteiger partial charge is 0.495 e. The summed E-state index contributed by atoms with van der Waals surface area (Å²) >= 11 is 0. The fourth-order valence-electron chi connectivity index (χ4n) is 3.32. The Morgan fingerprint density at radius 1 is 0.933 bits per heavy atom. The van der Waals surface area contributed by atoms with E-state index < -0.39 is 11.7 Å². The topological polar surface area (TPSA) is 64.6 Å². The minimum atomic E-state index is -0.714. The van der Waals surface area contributed by atoms with Gasteiger partial charge in [-0.15, -0.1) is 0 Å². The van der Waals surface area contributed by atoms with Crippen LogP contribution in [-0.2, 0) is 10.2 Å². The minimum Gasteiger partial charge on any atom is -0.495 e. The molecule has 156 valence electrons. The number of amides is 1. The van der Waals surface area contributed by atoms with E-state index in [0.717, 1.165) is 10.9 Å². The second-order valence-corrected chi connectivity index (χ2v) is 8.04. The van der Waals surface area contributed by atoms with Crippen molar-refractivity contribution in [3.8, 4) is 11.5 Å². The highest BCUT2D eigenvalue weighted by Gasteiger charge is 2.22. The van der Waals surface area contributed by atoms with E-state index in [0.29, 0.717) is 34.7 Å². The van der Waals surface area contributed by atoms with Crippen LogP contribution in [0.15, 0.2) is 54.6 Å². The molecule has 1 amide bonds. The van der Waals surface area contributed by atoms with E-state index in [1.54, 1.807) is 18.2 Å². The number of anilines is 1. The molecule has 0 saturated carbocycles. The molecule has 0 fully saturated rings. The molecule has 1 N–H and O–H groups in total. The number of carbonyl (C=O) groups is 2. The fraction of sp³-hybridized carbons (Fsp3) is 0.280. The molecule has 0 unspecified atom stereocenters. The number of benzene rings is 3. The Morgan fingerprint density at radius 2 is 1.60 bits per heavy atom. The van der Waals surface area contributed by atoms with Gasteiger partial charge in [-0.1, -0.05) is 51.1 Å². The first kappa shape index (κ1) is 21.4. The summed E-state index contributed by atoms with van der Waals surface area (Å²) in [6.45, 7) is 8.66. The Bertz CT molecular complexity index is 1100. The van der Waals surface area contributed by atoms with Crippen molar-refractivity contribution < 1.29 is 19.1 Å². The first-order valence-corrected chi connectivity index (χ1v) is 9.95. The second kappa shape index (κ2) is 8.57. The monoisotopic (exact) mass is 405 g/mol. The van der Waals surface area contributed by atoms with Crippen LogP contribution in [0.5, 0.6) is 11.5 Å². The second-order valence-electron chi connectivity index (χ2n) is 8.04. The Kier molecular flexibility index (Phi) is 6.11. The highest BCUT2D eigenvalue weighted by Crippen LogP contribution is 2.32. The van der Waals surface area contributed by atoms with E-state index in [9.17, 15) is 9.59 Å². The maximum atomic E-state index is 13.0. The van der Waals surface area contributed by atoms with Crippen LogP contribution < -0.4 is 14.8 Å². The van der Waals surface area contributed by atoms with Gasteiger partial charge in [-0.25, -0.2) is 0 Å². The van der Waals surface area contributed by atoms with Crippen LogP contribution in [-0.4, -0.2) is 25.4 Å². The molecule has 5 nitrogen and oxygen atoms in total. The third-order valence-electron chi connectivity index (χ3n) is 4.95. The number of hydrogen-bond donors (Lipinski definition) is 1. The van der Waals surface area contributed by atoms with E-state index in [1.165, 1.54) is 7.11 Å². The zero-order valence-corrected chi connectivity index (χ0v) is 18.0. The van der Waals surface area contributed by atoms with Crippen molar-refractivity contribution in [2.45, 2.75) is 33.1 Å². The summed E-state index contributed by atoms with van der Waals surface area (Å²) in [6, 6.07) is 16.4. The predicted octanol–water partition coefficient (Wildman–Crippen LogP) is 5.37. The summed E-state index contributed by atoms with van der Waals surface area (Å²) in [4.78, 5) is 25.9. The van der Waals surface area contributed by atoms with E-state index in [4.69, 9.17) is 9.47 Å². The zero-order valence-electron chi connectivity index (χ0n) is 18.0. The van der Waals surface area contributed by atoms with Gasteiger partial charge < -0.3 is 14.8 Å². The molecular formula is C25H27NO4. The molecule has 0 aliphatic carbocycles. The molecule has 5 heteroatoms. The quantitative estimate of drug-likeness (QED) is 0.443. The molecule has 0 aromatic heterocycles. The molecule has 0 aliphatic rings. The summed E-state index contributed by atoms with van der Waals surface area (Å²) in [6.07, 6.45) is 0. The van der Waals surface area contributed by atoms with E-state index in [-0.39, 0.29) is 5.41 Å². The lowest BCUT2D eigenvalue weighted by Crippen LogP contribution is -2.24. The summed E-state index contributed by atoms with van der Waals surface area (Å²) in [5, 5.41) is 4.21. The first-order valence-electron chi connectivity index (χ1n) is 9.95. The van der Waals surface area contributed by atoms with Gasteiger partial charge in [0.1, 0.15) is 11.5 Å². The molecular weight excluding hydrogens is 378 g/mol. The predicted molar refractivity (Wildman–Crippen MR) is 120 cm³/mol. The van der Waals surface area contributed by atoms with Gasteiger partial charge in [0.15, 0.2) is 0 Å². The summed E-state index contributed by atoms with van der Waals surface area (Å²) in [7, 11) is 1.53. The number of nitrogens with one attached hydrogen (secondary N) is 1. The van der Waals surface area contributed by atoms with Gasteiger partial charge in [-0.2, -0.15) is 0 Å². The number of ether oxygens (including phenoxy) is 2. The van der Waals surface area contributed by atoms with E-state index in [1.807, 2.05) is 43.3 Å². The molecule has 3 aromatic carbocycles. The Labute approximate surface area is 177 Å². The number of rotatable bonds is 6. The molecule has 0 bridgehead atoms. The SMILES string of the molecule is CCOc1ccc(C(=O)C(=O)Nc2cc(C(C)(C)C)ccc2OC)c2ccccc12. The Hall–Kier alpha value is -3.34. The normalized spacial score (nSPS) is 11.2. The van der Waals surface area contributed by atoms with Crippen molar-refractivity contribution in [2.75, 3.05) is 19.0 Å². The van der Waals surface area contributed by atoms with Gasteiger partial charge in [0.25, 0.3) is 11.7 Å². The van der Waals surface area contributed by atoms with Crippen molar-refractivity contribution >= 4 is 28.2 Å². The number of methoxy groups -OCH3 is 1. The van der Waals surface area contributed by atoms with Gasteiger partial charge in [-0.3, -0.25) is 9.59 Å². The van der Waals surface area contributed by atoms with Crippen molar-refractivity contribution in [3.05, 3.63) is 65.7 Å². The maximum Gasteiger partial charge on any atom is 0.296 e. The average molecular weight is 405 g/mol. The highest BCUT2D eigenvalue weighted by atomic mass is 16.5. The zero-order chi connectivity index (χ0) is 21.9. The Balaban J connectivity index is 1.96. The van der Waals surface area contributed by atoms with Crippen LogP contribution in [0.3, 0.4) is 0 Å². The van der Waals surface area contributed by atoms with Crippen LogP contribution in [0.1, 0.15) is 43.6 Å². The molecule has 3 rings (SSSR count). The smallest absolute Gasteiger partial charge is 0.296 e. The van der Waals surface area contributed by atoms with Gasteiger partial charge in [0.2, 0.25) is 0 Å². The lowest BCUT2D eigenvalue weighted by molar-refractivity contribution is -0.112. The standard InChI is InChI=1S/C25H27NO4/c1-6-30-21-14-12-19(17-9-7-8-10-18(17)21)23(27)24(28)26-20-15-16(25(2,3)4)11-13-22(20)29-5/h7-15H,6H2,1-5H3,(H,26,28). The van der Waals surface area contributed by atoms with Crippen LogP contribution in [0, 0.1) is 0 Å². The van der Waals surface area contributed by atoms with Crippen LogP contribution >= 0.6 is 0 Å². The Morgan fingerprint density at radius 3 is 2.23 bits per heavy atom. The molecule has 0 saturated heterocycles. The van der Waals surface area contributed by atoms with Crippen molar-refractivity contribution in [3.63, 3.8) is 0 Å². The molecule has 0 spiro atoms. The number of ketones is 1. The van der Waals surface area contributed by atoms with Crippen molar-refractivity contribution in [2.24, 2.45) is 0 Å². The van der Waals surface area contributed by atoms with Crippen molar-refractivity contribution in [1.29, 1.82) is 0 Å². The van der Waals surface area contributed by atoms with Crippen LogP contribution in [0.4, 0.5) is 5.69 Å². The average Bonchev–Trinajstić information content (AvgIpc) is 2.73. The first-order chi connectivity index (χ1) is 14.3. The van der Waals surface area contributed by atoms with Gasteiger partial charge in [0, 0.05) is 10.9 Å². The number of carbonyl (C=O) groups excluding carboxylic acids is 2. The molecule has 30 heavy (non-hydrogen) atoms. The van der Waals surface area contributed by atoms with Gasteiger partial charge in [-0.05, 0) is 47.6 Å². The fourth-order valence-corrected chi connectivity index (χ4v) is 3.32. The molecule has 3 aromatic rings. The third-order valence-corrected chi connectivity index (χ3v) is 4.95. The summed E-state index contributed by atoms with van der Waals surface area (Å²) in [5.41, 5.74) is 1.72. The molecule has 0 aliphatic heterocycles. The lowest BCUT2D eigenvalue weighted by Gasteiger charge is -2.21. The molecule has 0 radical (unpaired) electrons. The van der Waals surface area contributed by atoms with E-state index >= 15 is 0 Å². The maximum absolute atomic E-state index is 13.0. The lowest BCUT2D eigenvalue weighted by atomic mass is 9.87. The van der Waals surface area contributed by atoms with Crippen LogP contribution in [0.25, 0.3) is 10.8 Å².